The van der Waals surface area contributed by atoms with Crippen LogP contribution in [-0.2, 0) is 11.2 Å². The van der Waals surface area contributed by atoms with Crippen molar-refractivity contribution in [3.8, 4) is 16.9 Å². The number of hydrogen-bond donors (Lipinski definition) is 1. The van der Waals surface area contributed by atoms with E-state index >= 15 is 0 Å². The summed E-state index contributed by atoms with van der Waals surface area (Å²) in [7, 11) is 0. The van der Waals surface area contributed by atoms with E-state index in [0.717, 1.165) is 36.3 Å². The number of aromatic amines is 1. The number of ether oxygens (including phenoxy) is 1. The molecule has 0 saturated carbocycles. The molecule has 1 N–H and O–H groups in total. The number of halogens is 2. The van der Waals surface area contributed by atoms with Crippen LogP contribution >= 0.6 is 47.2 Å². The molecule has 38 heavy (non-hydrogen) atoms. The second-order valence-electron chi connectivity index (χ2n) is 9.04. The average Bonchev–Trinajstić information content (AvgIpc) is 3.65. The van der Waals surface area contributed by atoms with Gasteiger partial charge in [0.1, 0.15) is 16.7 Å². The van der Waals surface area contributed by atoms with E-state index in [2.05, 4.69) is 25.5 Å². The maximum atomic E-state index is 13.3. The van der Waals surface area contributed by atoms with Gasteiger partial charge in [-0.3, -0.25) is 14.6 Å². The normalized spacial score (nSPS) is 17.2. The average molecular weight is 590 g/mol. The molecular formula is C26H26Cl2N6O2S2. The van der Waals surface area contributed by atoms with Crippen molar-refractivity contribution in [3.05, 3.63) is 62.7 Å². The number of amides is 1. The third-order valence-electron chi connectivity index (χ3n) is 6.45. The number of thiocarbonyl (C=S) groups is 1. The fourth-order valence-electron chi connectivity index (χ4n) is 4.49. The van der Waals surface area contributed by atoms with Crippen LogP contribution in [0.15, 0.2) is 41.3 Å². The lowest BCUT2D eigenvalue weighted by atomic mass is 10.0. The molecule has 2 aromatic carbocycles. The Morgan fingerprint density at radius 2 is 1.97 bits per heavy atom. The van der Waals surface area contributed by atoms with Crippen LogP contribution in [0.5, 0.6) is 5.75 Å². The summed E-state index contributed by atoms with van der Waals surface area (Å²) in [5.41, 5.74) is 2.55. The van der Waals surface area contributed by atoms with Crippen molar-refractivity contribution in [1.82, 2.24) is 30.4 Å². The van der Waals surface area contributed by atoms with Crippen LogP contribution in [0.4, 0.5) is 0 Å². The number of rotatable bonds is 10. The fraction of sp³-hybridized carbons (Fsp3) is 0.346. The van der Waals surface area contributed by atoms with Crippen molar-refractivity contribution in [3.63, 3.8) is 0 Å². The molecule has 1 aromatic heterocycles. The molecule has 2 aliphatic heterocycles. The lowest BCUT2D eigenvalue weighted by Gasteiger charge is -2.17. The maximum absolute atomic E-state index is 13.3. The molecule has 0 aliphatic carbocycles. The molecule has 0 spiro atoms. The number of H-pyrrole nitrogens is 1. The topological polar surface area (TPSA) is 87.2 Å². The highest BCUT2D eigenvalue weighted by molar-refractivity contribution is 8.26. The van der Waals surface area contributed by atoms with Crippen LogP contribution in [0.2, 0.25) is 10.0 Å². The zero-order chi connectivity index (χ0) is 26.5. The Labute approximate surface area is 240 Å². The molecule has 3 aromatic rings. The zero-order valence-electron chi connectivity index (χ0n) is 20.5. The number of hydrogen-bond acceptors (Lipinski definition) is 8. The first-order chi connectivity index (χ1) is 18.5. The van der Waals surface area contributed by atoms with Gasteiger partial charge >= 0.3 is 0 Å². The van der Waals surface area contributed by atoms with E-state index in [1.54, 1.807) is 11.0 Å². The van der Waals surface area contributed by atoms with Gasteiger partial charge in [-0.1, -0.05) is 64.5 Å². The highest BCUT2D eigenvalue weighted by atomic mass is 35.5. The van der Waals surface area contributed by atoms with Gasteiger partial charge in [-0.2, -0.15) is 5.21 Å². The van der Waals surface area contributed by atoms with Crippen LogP contribution in [0.1, 0.15) is 30.7 Å². The highest BCUT2D eigenvalue weighted by Crippen LogP contribution is 2.37. The first-order valence-electron chi connectivity index (χ1n) is 12.4. The van der Waals surface area contributed by atoms with Crippen molar-refractivity contribution in [2.24, 2.45) is 0 Å². The summed E-state index contributed by atoms with van der Waals surface area (Å²) < 4.78 is 6.74. The molecule has 0 radical (unpaired) electrons. The van der Waals surface area contributed by atoms with Crippen LogP contribution in [0.3, 0.4) is 0 Å². The van der Waals surface area contributed by atoms with E-state index in [9.17, 15) is 4.79 Å². The van der Waals surface area contributed by atoms with Crippen LogP contribution < -0.4 is 4.74 Å². The minimum Gasteiger partial charge on any atom is -0.492 e. The predicted octanol–water partition coefficient (Wildman–Crippen LogP) is 5.48. The zero-order valence-corrected chi connectivity index (χ0v) is 23.7. The molecule has 2 aliphatic rings. The minimum atomic E-state index is -0.119. The van der Waals surface area contributed by atoms with Gasteiger partial charge in [0.15, 0.2) is 5.82 Å². The minimum absolute atomic E-state index is 0.119. The fourth-order valence-corrected chi connectivity index (χ4v) is 6.31. The molecule has 0 unspecified atom stereocenters. The monoisotopic (exact) mass is 588 g/mol. The largest absolute Gasteiger partial charge is 0.492 e. The number of nitrogens with one attached hydrogen (secondary N) is 1. The van der Waals surface area contributed by atoms with Gasteiger partial charge in [-0.25, -0.2) is 0 Å². The molecule has 2 fully saturated rings. The molecule has 198 valence electrons. The van der Waals surface area contributed by atoms with E-state index in [1.165, 1.54) is 24.6 Å². The Kier molecular flexibility index (Phi) is 8.96. The molecule has 3 heterocycles. The van der Waals surface area contributed by atoms with Gasteiger partial charge in [-0.15, -0.1) is 10.2 Å². The Morgan fingerprint density at radius 1 is 1.13 bits per heavy atom. The second-order valence-corrected chi connectivity index (χ2v) is 11.6. The smallest absolute Gasteiger partial charge is 0.266 e. The Morgan fingerprint density at radius 3 is 2.74 bits per heavy atom. The van der Waals surface area contributed by atoms with Gasteiger partial charge in [-0.05, 0) is 68.3 Å². The van der Waals surface area contributed by atoms with Gasteiger partial charge in [0.2, 0.25) is 0 Å². The number of aryl methyl sites for hydroxylation is 1. The van der Waals surface area contributed by atoms with E-state index in [4.69, 9.17) is 40.2 Å². The SMILES string of the molecule is O=C1/C(=C/c2cc(-c3ccc(Cl)cc3Cl)ccc2OCCN2CCCC2)SC(=S)N1CCCc1nn[nH]n1. The third-order valence-corrected chi connectivity index (χ3v) is 8.37. The lowest BCUT2D eigenvalue weighted by Crippen LogP contribution is -2.29. The van der Waals surface area contributed by atoms with E-state index in [1.807, 2.05) is 36.4 Å². The molecule has 12 heteroatoms. The van der Waals surface area contributed by atoms with Crippen LogP contribution in [-0.4, -0.2) is 73.4 Å². The number of tetrazole rings is 1. The quantitative estimate of drug-likeness (QED) is 0.246. The maximum Gasteiger partial charge on any atom is 0.266 e. The number of aromatic nitrogens is 4. The molecule has 8 nitrogen and oxygen atoms in total. The second kappa shape index (κ2) is 12.6. The van der Waals surface area contributed by atoms with Crippen molar-refractivity contribution in [2.45, 2.75) is 25.7 Å². The summed E-state index contributed by atoms with van der Waals surface area (Å²) in [4.78, 5) is 17.9. The van der Waals surface area contributed by atoms with E-state index in [-0.39, 0.29) is 5.91 Å². The number of likely N-dealkylation sites (tertiary alicyclic amines) is 1. The highest BCUT2D eigenvalue weighted by Gasteiger charge is 2.32. The van der Waals surface area contributed by atoms with Crippen LogP contribution in [0, 0.1) is 0 Å². The summed E-state index contributed by atoms with van der Waals surface area (Å²) in [6.45, 7) is 4.14. The van der Waals surface area contributed by atoms with Crippen LogP contribution in [0.25, 0.3) is 17.2 Å². The summed E-state index contributed by atoms with van der Waals surface area (Å²) >= 11 is 19.4. The summed E-state index contributed by atoms with van der Waals surface area (Å²) in [6.07, 6.45) is 5.61. The third kappa shape index (κ3) is 6.55. The molecular weight excluding hydrogens is 563 g/mol. The van der Waals surface area contributed by atoms with Crippen molar-refractivity contribution >= 4 is 63.5 Å². The summed E-state index contributed by atoms with van der Waals surface area (Å²) in [6, 6.07) is 11.3. The number of thioether (sulfide) groups is 1. The summed E-state index contributed by atoms with van der Waals surface area (Å²) in [5, 5.41) is 15.1. The standard InChI is InChI=1S/C26H26Cl2N6O2S2/c27-19-6-7-20(21(28)16-19)17-5-8-22(36-13-12-33-9-1-2-10-33)18(14-17)15-23-25(35)34(26(37)38-23)11-3-4-24-29-31-32-30-24/h5-8,14-16H,1-4,9-13H2,(H,29,30,31,32)/b23-15-. The Hall–Kier alpha value is -2.50. The number of benzene rings is 2. The molecule has 0 atom stereocenters. The predicted molar refractivity (Wildman–Crippen MR) is 155 cm³/mol. The van der Waals surface area contributed by atoms with Crippen molar-refractivity contribution in [2.75, 3.05) is 32.8 Å². The number of carbonyl (C=O) groups excluding carboxylic acids is 1. The van der Waals surface area contributed by atoms with E-state index in [0.29, 0.717) is 56.8 Å². The first kappa shape index (κ1) is 27.1. The Balaban J connectivity index is 1.37. The van der Waals surface area contributed by atoms with Crippen molar-refractivity contribution < 1.29 is 9.53 Å². The Bertz CT molecular complexity index is 1350. The van der Waals surface area contributed by atoms with E-state index < -0.39 is 0 Å². The first-order valence-corrected chi connectivity index (χ1v) is 14.4. The van der Waals surface area contributed by atoms with Gasteiger partial charge < -0.3 is 4.74 Å². The lowest BCUT2D eigenvalue weighted by molar-refractivity contribution is -0.122. The van der Waals surface area contributed by atoms with Gasteiger partial charge in [0, 0.05) is 40.7 Å². The number of nitrogens with zero attached hydrogens (tertiary/aromatic N) is 5. The van der Waals surface area contributed by atoms with Gasteiger partial charge in [0.05, 0.1) is 4.91 Å². The summed E-state index contributed by atoms with van der Waals surface area (Å²) in [5.74, 6) is 1.20. The van der Waals surface area contributed by atoms with Gasteiger partial charge in [0.25, 0.3) is 5.91 Å². The molecule has 0 bridgehead atoms. The molecule has 1 amide bonds. The molecule has 2 saturated heterocycles. The van der Waals surface area contributed by atoms with Crippen molar-refractivity contribution in [1.29, 1.82) is 0 Å². The molecule has 5 rings (SSSR count). The number of carbonyl (C=O) groups is 1.